The third kappa shape index (κ3) is 4.01. The summed E-state index contributed by atoms with van der Waals surface area (Å²) in [6.07, 6.45) is 1.97. The topological polar surface area (TPSA) is 40.9 Å². The number of carbonyl (C=O) groups excluding carboxylic acids is 1. The summed E-state index contributed by atoms with van der Waals surface area (Å²) in [5, 5.41) is 4.63. The van der Waals surface area contributed by atoms with Crippen molar-refractivity contribution >= 4 is 23.2 Å². The quantitative estimate of drug-likeness (QED) is 0.636. The predicted molar refractivity (Wildman–Crippen MR) is 109 cm³/mol. The Morgan fingerprint density at radius 1 is 1.07 bits per heavy atom. The standard InChI is InChI=1S/C21H24N4OS/c1-2-27-20-9-4-3-8-19(20)21(26)24-13-11-23(12-14-24)16-17-15-18-7-5-6-10-25(18)22-17/h3-10,15H,2,11-14,16H2,1H3. The number of aromatic nitrogens is 2. The van der Waals surface area contributed by atoms with Crippen LogP contribution in [0.4, 0.5) is 0 Å². The summed E-state index contributed by atoms with van der Waals surface area (Å²) < 4.78 is 1.91. The van der Waals surface area contributed by atoms with Gasteiger partial charge in [0.1, 0.15) is 0 Å². The Kier molecular flexibility index (Phi) is 5.45. The van der Waals surface area contributed by atoms with Gasteiger partial charge < -0.3 is 4.90 Å². The lowest BCUT2D eigenvalue weighted by Crippen LogP contribution is -2.48. The molecule has 1 aromatic carbocycles. The largest absolute Gasteiger partial charge is 0.336 e. The second-order valence-electron chi connectivity index (χ2n) is 6.70. The van der Waals surface area contributed by atoms with Crippen LogP contribution in [0.1, 0.15) is 23.0 Å². The van der Waals surface area contributed by atoms with E-state index in [-0.39, 0.29) is 5.91 Å². The highest BCUT2D eigenvalue weighted by atomic mass is 32.2. The molecule has 1 amide bonds. The molecule has 0 spiro atoms. The Morgan fingerprint density at radius 3 is 2.63 bits per heavy atom. The lowest BCUT2D eigenvalue weighted by Gasteiger charge is -2.34. The minimum absolute atomic E-state index is 0.152. The number of rotatable bonds is 5. The first-order valence-corrected chi connectivity index (χ1v) is 10.4. The molecule has 3 heterocycles. The van der Waals surface area contributed by atoms with E-state index < -0.39 is 0 Å². The molecule has 3 aromatic rings. The highest BCUT2D eigenvalue weighted by Gasteiger charge is 2.24. The van der Waals surface area contributed by atoms with Gasteiger partial charge in [0, 0.05) is 43.8 Å². The van der Waals surface area contributed by atoms with Crippen molar-refractivity contribution in [3.8, 4) is 0 Å². The van der Waals surface area contributed by atoms with Crippen LogP contribution in [0.3, 0.4) is 0 Å². The highest BCUT2D eigenvalue weighted by molar-refractivity contribution is 7.99. The van der Waals surface area contributed by atoms with E-state index in [1.165, 1.54) is 0 Å². The van der Waals surface area contributed by atoms with E-state index in [4.69, 9.17) is 0 Å². The second-order valence-corrected chi connectivity index (χ2v) is 8.01. The van der Waals surface area contributed by atoms with Crippen LogP contribution < -0.4 is 0 Å². The number of hydrogen-bond acceptors (Lipinski definition) is 4. The van der Waals surface area contributed by atoms with Crippen molar-refractivity contribution in [1.82, 2.24) is 19.4 Å². The third-order valence-corrected chi connectivity index (χ3v) is 5.84. The third-order valence-electron chi connectivity index (χ3n) is 4.88. The first-order chi connectivity index (χ1) is 13.2. The Labute approximate surface area is 164 Å². The van der Waals surface area contributed by atoms with Gasteiger partial charge in [-0.05, 0) is 36.1 Å². The monoisotopic (exact) mass is 380 g/mol. The van der Waals surface area contributed by atoms with Crippen molar-refractivity contribution in [2.75, 3.05) is 31.9 Å². The molecule has 5 nitrogen and oxygen atoms in total. The number of hydrogen-bond donors (Lipinski definition) is 0. The lowest BCUT2D eigenvalue weighted by molar-refractivity contribution is 0.0623. The van der Waals surface area contributed by atoms with E-state index in [1.807, 2.05) is 52.0 Å². The van der Waals surface area contributed by atoms with Gasteiger partial charge in [-0.1, -0.05) is 25.1 Å². The number of fused-ring (bicyclic) bond motifs is 1. The van der Waals surface area contributed by atoms with E-state index in [9.17, 15) is 4.79 Å². The zero-order valence-electron chi connectivity index (χ0n) is 15.5. The lowest BCUT2D eigenvalue weighted by atomic mass is 10.1. The van der Waals surface area contributed by atoms with E-state index in [1.54, 1.807) is 11.8 Å². The number of benzene rings is 1. The molecule has 4 rings (SSSR count). The first-order valence-electron chi connectivity index (χ1n) is 9.41. The van der Waals surface area contributed by atoms with Crippen molar-refractivity contribution in [2.24, 2.45) is 0 Å². The van der Waals surface area contributed by atoms with Crippen molar-refractivity contribution in [3.05, 3.63) is 66.0 Å². The van der Waals surface area contributed by atoms with Gasteiger partial charge in [0.2, 0.25) is 0 Å². The Hall–Kier alpha value is -2.31. The average Bonchev–Trinajstić information content (AvgIpc) is 3.11. The zero-order valence-corrected chi connectivity index (χ0v) is 16.4. The fraction of sp³-hybridized carbons (Fsp3) is 0.333. The SMILES string of the molecule is CCSc1ccccc1C(=O)N1CCN(Cc2cc3ccccn3n2)CC1. The summed E-state index contributed by atoms with van der Waals surface area (Å²) in [5.41, 5.74) is 3.02. The molecule has 0 N–H and O–H groups in total. The highest BCUT2D eigenvalue weighted by Crippen LogP contribution is 2.24. The van der Waals surface area contributed by atoms with Crippen LogP contribution >= 0.6 is 11.8 Å². The van der Waals surface area contributed by atoms with Crippen LogP contribution in [0.2, 0.25) is 0 Å². The molecule has 0 atom stereocenters. The Bertz CT molecular complexity index is 898. The van der Waals surface area contributed by atoms with Crippen molar-refractivity contribution in [1.29, 1.82) is 0 Å². The van der Waals surface area contributed by atoms with Crippen LogP contribution in [-0.4, -0.2) is 57.3 Å². The summed E-state index contributed by atoms with van der Waals surface area (Å²) in [5.74, 6) is 1.12. The summed E-state index contributed by atoms with van der Waals surface area (Å²) in [6, 6.07) is 16.2. The summed E-state index contributed by atoms with van der Waals surface area (Å²) in [7, 11) is 0. The van der Waals surface area contributed by atoms with E-state index in [0.29, 0.717) is 0 Å². The Balaban J connectivity index is 1.38. The molecule has 6 heteroatoms. The van der Waals surface area contributed by atoms with Crippen LogP contribution in [0.5, 0.6) is 0 Å². The van der Waals surface area contributed by atoms with Gasteiger partial charge in [-0.3, -0.25) is 9.69 Å². The molecule has 1 fully saturated rings. The summed E-state index contributed by atoms with van der Waals surface area (Å²) in [4.78, 5) is 18.4. The van der Waals surface area contributed by atoms with Gasteiger partial charge in [-0.15, -0.1) is 11.8 Å². The molecule has 140 valence electrons. The molecule has 0 saturated carbocycles. The minimum atomic E-state index is 0.152. The number of carbonyl (C=O) groups is 1. The van der Waals surface area contributed by atoms with Crippen molar-refractivity contribution in [2.45, 2.75) is 18.4 Å². The molecular weight excluding hydrogens is 356 g/mol. The molecule has 27 heavy (non-hydrogen) atoms. The maximum Gasteiger partial charge on any atom is 0.255 e. The Morgan fingerprint density at radius 2 is 1.85 bits per heavy atom. The van der Waals surface area contributed by atoms with Gasteiger partial charge in [-0.2, -0.15) is 5.10 Å². The van der Waals surface area contributed by atoms with Gasteiger partial charge in [-0.25, -0.2) is 4.52 Å². The molecule has 1 aliphatic heterocycles. The van der Waals surface area contributed by atoms with E-state index in [2.05, 4.69) is 29.1 Å². The zero-order chi connectivity index (χ0) is 18.6. The molecule has 0 aliphatic carbocycles. The smallest absolute Gasteiger partial charge is 0.255 e. The summed E-state index contributed by atoms with van der Waals surface area (Å²) in [6.45, 7) is 6.22. The van der Waals surface area contributed by atoms with Crippen LogP contribution in [-0.2, 0) is 6.54 Å². The molecule has 0 bridgehead atoms. The van der Waals surface area contributed by atoms with Crippen LogP contribution in [0.15, 0.2) is 59.6 Å². The molecule has 2 aromatic heterocycles. The normalized spacial score (nSPS) is 15.4. The van der Waals surface area contributed by atoms with E-state index >= 15 is 0 Å². The number of nitrogens with zero attached hydrogens (tertiary/aromatic N) is 4. The predicted octanol–water partition coefficient (Wildman–Crippen LogP) is 3.40. The van der Waals surface area contributed by atoms with Gasteiger partial charge >= 0.3 is 0 Å². The second kappa shape index (κ2) is 8.15. The molecule has 0 radical (unpaired) electrons. The number of thioether (sulfide) groups is 1. The maximum absolute atomic E-state index is 13.0. The van der Waals surface area contributed by atoms with E-state index in [0.717, 1.165) is 60.1 Å². The van der Waals surface area contributed by atoms with Gasteiger partial charge in [0.05, 0.1) is 16.8 Å². The number of pyridine rings is 1. The number of piperazine rings is 1. The maximum atomic E-state index is 13.0. The van der Waals surface area contributed by atoms with Crippen LogP contribution in [0.25, 0.3) is 5.52 Å². The van der Waals surface area contributed by atoms with Crippen molar-refractivity contribution < 1.29 is 4.79 Å². The fourth-order valence-corrected chi connectivity index (χ4v) is 4.30. The minimum Gasteiger partial charge on any atom is -0.336 e. The molecule has 1 saturated heterocycles. The first kappa shape index (κ1) is 18.1. The van der Waals surface area contributed by atoms with Gasteiger partial charge in [0.15, 0.2) is 0 Å². The van der Waals surface area contributed by atoms with Crippen molar-refractivity contribution in [3.63, 3.8) is 0 Å². The fourth-order valence-electron chi connectivity index (χ4n) is 3.50. The average molecular weight is 381 g/mol. The molecular formula is C21H24N4OS. The molecule has 1 aliphatic rings. The summed E-state index contributed by atoms with van der Waals surface area (Å²) >= 11 is 1.73. The van der Waals surface area contributed by atoms with Gasteiger partial charge in [0.25, 0.3) is 5.91 Å². The number of amides is 1. The van der Waals surface area contributed by atoms with Crippen LogP contribution in [0, 0.1) is 0 Å². The molecule has 0 unspecified atom stereocenters.